The number of carbonyl (C=O) groups is 2. The second-order valence-electron chi connectivity index (χ2n) is 7.65. The van der Waals surface area contributed by atoms with Gasteiger partial charge in [-0.25, -0.2) is 0 Å². The molecule has 160 valence electrons. The van der Waals surface area contributed by atoms with Crippen molar-refractivity contribution in [2.45, 2.75) is 25.8 Å². The molecule has 0 aliphatic rings. The molecule has 0 aliphatic carbocycles. The highest BCUT2D eigenvalue weighted by Crippen LogP contribution is 2.17. The minimum Gasteiger partial charge on any atom is -0.497 e. The van der Waals surface area contributed by atoms with Crippen LogP contribution in [0.25, 0.3) is 0 Å². The molecule has 5 heteroatoms. The lowest BCUT2D eigenvalue weighted by atomic mass is 10.0. The van der Waals surface area contributed by atoms with Gasteiger partial charge < -0.3 is 15.4 Å². The Hall–Kier alpha value is -3.60. The van der Waals surface area contributed by atoms with Crippen LogP contribution in [0.1, 0.15) is 57.7 Å². The van der Waals surface area contributed by atoms with Gasteiger partial charge in [0.15, 0.2) is 0 Å². The van der Waals surface area contributed by atoms with Gasteiger partial charge in [-0.15, -0.1) is 0 Å². The Kier molecular flexibility index (Phi) is 7.44. The number of ether oxygens (including phenoxy) is 1. The second kappa shape index (κ2) is 10.4. The molecule has 0 fully saturated rings. The van der Waals surface area contributed by atoms with E-state index >= 15 is 0 Å². The third kappa shape index (κ3) is 5.95. The Morgan fingerprint density at radius 3 is 1.94 bits per heavy atom. The molecular formula is C26H28N2O3. The van der Waals surface area contributed by atoms with Gasteiger partial charge in [0, 0.05) is 17.7 Å². The van der Waals surface area contributed by atoms with Crippen molar-refractivity contribution in [3.63, 3.8) is 0 Å². The van der Waals surface area contributed by atoms with Crippen LogP contribution in [0.5, 0.6) is 5.75 Å². The fourth-order valence-electron chi connectivity index (χ4n) is 3.24. The predicted octanol–water partition coefficient (Wildman–Crippen LogP) is 4.72. The van der Waals surface area contributed by atoms with E-state index in [9.17, 15) is 9.59 Å². The zero-order valence-electron chi connectivity index (χ0n) is 18.1. The summed E-state index contributed by atoms with van der Waals surface area (Å²) in [6, 6.07) is 23.8. The summed E-state index contributed by atoms with van der Waals surface area (Å²) >= 11 is 0. The van der Waals surface area contributed by atoms with Crippen LogP contribution in [0.4, 0.5) is 0 Å². The number of benzene rings is 3. The average molecular weight is 417 g/mol. The maximum Gasteiger partial charge on any atom is 0.251 e. The molecule has 0 saturated carbocycles. The summed E-state index contributed by atoms with van der Waals surface area (Å²) < 4.78 is 5.15. The maximum absolute atomic E-state index is 12.8. The SMILES string of the molecule is COc1ccc(C(=O)N[C@@H](CNC(=O)c2ccc(C(C)C)cc2)c2ccccc2)cc1. The number of methoxy groups -OCH3 is 1. The van der Waals surface area contributed by atoms with Gasteiger partial charge in [0.05, 0.1) is 13.2 Å². The van der Waals surface area contributed by atoms with Gasteiger partial charge in [0.2, 0.25) is 0 Å². The van der Waals surface area contributed by atoms with Crippen molar-refractivity contribution in [1.29, 1.82) is 0 Å². The predicted molar refractivity (Wildman–Crippen MR) is 123 cm³/mol. The van der Waals surface area contributed by atoms with Crippen molar-refractivity contribution in [3.8, 4) is 5.75 Å². The molecule has 2 amide bonds. The van der Waals surface area contributed by atoms with Crippen molar-refractivity contribution in [3.05, 3.63) is 101 Å². The smallest absolute Gasteiger partial charge is 0.251 e. The fourth-order valence-corrected chi connectivity index (χ4v) is 3.24. The Labute approximate surface area is 183 Å². The molecule has 3 aromatic carbocycles. The highest BCUT2D eigenvalue weighted by atomic mass is 16.5. The number of nitrogens with one attached hydrogen (secondary N) is 2. The van der Waals surface area contributed by atoms with Gasteiger partial charge in [0.25, 0.3) is 11.8 Å². The molecule has 3 rings (SSSR count). The third-order valence-corrected chi connectivity index (χ3v) is 5.17. The van der Waals surface area contributed by atoms with E-state index in [1.54, 1.807) is 31.4 Å². The Morgan fingerprint density at radius 2 is 1.35 bits per heavy atom. The van der Waals surface area contributed by atoms with E-state index in [1.807, 2.05) is 54.6 Å². The van der Waals surface area contributed by atoms with Crippen LogP contribution in [0.2, 0.25) is 0 Å². The molecule has 5 nitrogen and oxygen atoms in total. The van der Waals surface area contributed by atoms with Crippen molar-refractivity contribution in [2.75, 3.05) is 13.7 Å². The number of hydrogen-bond acceptors (Lipinski definition) is 3. The molecule has 0 heterocycles. The van der Waals surface area contributed by atoms with Crippen molar-refractivity contribution < 1.29 is 14.3 Å². The Morgan fingerprint density at radius 1 is 0.774 bits per heavy atom. The average Bonchev–Trinajstić information content (AvgIpc) is 2.82. The topological polar surface area (TPSA) is 67.4 Å². The van der Waals surface area contributed by atoms with E-state index < -0.39 is 0 Å². The highest BCUT2D eigenvalue weighted by Gasteiger charge is 2.17. The van der Waals surface area contributed by atoms with Crippen molar-refractivity contribution in [2.24, 2.45) is 0 Å². The molecule has 3 aromatic rings. The van der Waals surface area contributed by atoms with Crippen LogP contribution in [-0.4, -0.2) is 25.5 Å². The van der Waals surface area contributed by atoms with Crippen LogP contribution in [0.3, 0.4) is 0 Å². The lowest BCUT2D eigenvalue weighted by molar-refractivity contribution is 0.0908. The molecule has 0 bridgehead atoms. The van der Waals surface area contributed by atoms with Gasteiger partial charge in [-0.3, -0.25) is 9.59 Å². The maximum atomic E-state index is 12.8. The largest absolute Gasteiger partial charge is 0.497 e. The third-order valence-electron chi connectivity index (χ3n) is 5.17. The zero-order chi connectivity index (χ0) is 22.2. The van der Waals surface area contributed by atoms with Gasteiger partial charge in [-0.1, -0.05) is 56.3 Å². The molecular weight excluding hydrogens is 388 g/mol. The first-order valence-corrected chi connectivity index (χ1v) is 10.4. The van der Waals surface area contributed by atoms with E-state index in [-0.39, 0.29) is 24.4 Å². The molecule has 0 unspecified atom stereocenters. The zero-order valence-corrected chi connectivity index (χ0v) is 18.1. The first-order valence-electron chi connectivity index (χ1n) is 10.4. The summed E-state index contributed by atoms with van der Waals surface area (Å²) in [5.74, 6) is 0.710. The molecule has 0 saturated heterocycles. The van der Waals surface area contributed by atoms with E-state index in [2.05, 4.69) is 24.5 Å². The van der Waals surface area contributed by atoms with Gasteiger partial charge in [-0.05, 0) is 53.4 Å². The standard InChI is InChI=1S/C26H28N2O3/c1-18(2)19-9-11-21(12-10-19)25(29)27-17-24(20-7-5-4-6-8-20)28-26(30)22-13-15-23(31-3)16-14-22/h4-16,18,24H,17H2,1-3H3,(H,27,29)(H,28,30)/t24-/m0/s1. The minimum atomic E-state index is -0.366. The number of rotatable bonds is 8. The van der Waals surface area contributed by atoms with Gasteiger partial charge >= 0.3 is 0 Å². The summed E-state index contributed by atoms with van der Waals surface area (Å²) in [5, 5.41) is 5.97. The quantitative estimate of drug-likeness (QED) is 0.558. The Bertz CT molecular complexity index is 997. The van der Waals surface area contributed by atoms with Crippen LogP contribution >= 0.6 is 0 Å². The molecule has 2 N–H and O–H groups in total. The first-order chi connectivity index (χ1) is 15.0. The van der Waals surface area contributed by atoms with Gasteiger partial charge in [-0.2, -0.15) is 0 Å². The van der Waals surface area contributed by atoms with Crippen molar-refractivity contribution >= 4 is 11.8 Å². The molecule has 0 aliphatic heterocycles. The minimum absolute atomic E-state index is 0.171. The second-order valence-corrected chi connectivity index (χ2v) is 7.65. The van der Waals surface area contributed by atoms with Gasteiger partial charge in [0.1, 0.15) is 5.75 Å². The van der Waals surface area contributed by atoms with Crippen LogP contribution in [0, 0.1) is 0 Å². The summed E-state index contributed by atoms with van der Waals surface area (Å²) in [6.07, 6.45) is 0. The number of carbonyl (C=O) groups excluding carboxylic acids is 2. The normalized spacial score (nSPS) is 11.6. The van der Waals surface area contributed by atoms with Crippen molar-refractivity contribution in [1.82, 2.24) is 10.6 Å². The number of amides is 2. The fraction of sp³-hybridized carbons (Fsp3) is 0.231. The summed E-state index contributed by atoms with van der Waals surface area (Å²) in [6.45, 7) is 4.51. The number of hydrogen-bond donors (Lipinski definition) is 2. The van der Waals surface area contributed by atoms with E-state index in [1.165, 1.54) is 5.56 Å². The Balaban J connectivity index is 1.70. The highest BCUT2D eigenvalue weighted by molar-refractivity contribution is 5.95. The summed E-state index contributed by atoms with van der Waals surface area (Å²) in [5.41, 5.74) is 3.22. The summed E-state index contributed by atoms with van der Waals surface area (Å²) in [7, 11) is 1.58. The summed E-state index contributed by atoms with van der Waals surface area (Å²) in [4.78, 5) is 25.4. The molecule has 1 atom stereocenters. The van der Waals surface area contributed by atoms with E-state index in [0.717, 1.165) is 5.56 Å². The van der Waals surface area contributed by atoms with Crippen LogP contribution in [0.15, 0.2) is 78.9 Å². The van der Waals surface area contributed by atoms with Crippen LogP contribution in [-0.2, 0) is 0 Å². The molecule has 31 heavy (non-hydrogen) atoms. The molecule has 0 aromatic heterocycles. The molecule has 0 radical (unpaired) electrons. The molecule has 0 spiro atoms. The first kappa shape index (κ1) is 22.1. The lowest BCUT2D eigenvalue weighted by Gasteiger charge is -2.20. The van der Waals surface area contributed by atoms with E-state index in [0.29, 0.717) is 22.8 Å². The monoisotopic (exact) mass is 416 g/mol. The van der Waals surface area contributed by atoms with E-state index in [4.69, 9.17) is 4.74 Å². The van der Waals surface area contributed by atoms with Crippen LogP contribution < -0.4 is 15.4 Å². The lowest BCUT2D eigenvalue weighted by Crippen LogP contribution is -2.38.